The Morgan fingerprint density at radius 3 is 2.92 bits per heavy atom. The number of nitrogens with one attached hydrogen (secondary N) is 1. The molecule has 0 radical (unpaired) electrons. The fraction of sp³-hybridized carbons (Fsp3) is 0.294. The van der Waals surface area contributed by atoms with Crippen molar-refractivity contribution in [3.63, 3.8) is 0 Å². The number of likely N-dealkylation sites (tertiary alicyclic amines) is 1. The van der Waals surface area contributed by atoms with Crippen LogP contribution in [0.2, 0.25) is 0 Å². The predicted molar refractivity (Wildman–Crippen MR) is 86.1 cm³/mol. The smallest absolute Gasteiger partial charge is 0.252 e. The molecule has 2 amide bonds. The molecule has 0 unspecified atom stereocenters. The van der Waals surface area contributed by atoms with E-state index in [1.165, 1.54) is 18.5 Å². The second-order valence-corrected chi connectivity index (χ2v) is 5.84. The number of carbonyl (C=O) groups excluding carboxylic acids is 2. The average molecular weight is 326 g/mol. The first-order chi connectivity index (χ1) is 11.6. The summed E-state index contributed by atoms with van der Waals surface area (Å²) in [4.78, 5) is 33.9. The van der Waals surface area contributed by atoms with E-state index >= 15 is 0 Å². The van der Waals surface area contributed by atoms with Crippen LogP contribution in [-0.4, -0.2) is 45.4 Å². The van der Waals surface area contributed by atoms with Crippen molar-refractivity contribution in [1.82, 2.24) is 20.2 Å². The van der Waals surface area contributed by atoms with Crippen LogP contribution < -0.4 is 5.32 Å². The van der Waals surface area contributed by atoms with Crippen LogP contribution in [0.25, 0.3) is 0 Å². The molecule has 124 valence electrons. The van der Waals surface area contributed by atoms with Gasteiger partial charge in [-0.15, -0.1) is 0 Å². The molecule has 0 aliphatic carbocycles. The summed E-state index contributed by atoms with van der Waals surface area (Å²) in [6.07, 6.45) is 6.45. The first kappa shape index (κ1) is 15.9. The highest BCUT2D eigenvalue weighted by molar-refractivity contribution is 5.94. The topological polar surface area (TPSA) is 95.4 Å². The number of pyridine rings is 2. The standard InChI is InChI=1S/C17H18N4O3/c1-21-15(23)6-12(16(21)11-3-2-4-18-7-11)9-20-17(24)13-5-14(22)10-19-8-13/h2-5,7-8,10,12,16,22H,6,9H2,1H3,(H,20,24)/t12-,16-/m0/s1. The van der Waals surface area contributed by atoms with E-state index < -0.39 is 0 Å². The fourth-order valence-electron chi connectivity index (χ4n) is 3.06. The Labute approximate surface area is 139 Å². The van der Waals surface area contributed by atoms with Crippen LogP contribution in [0.3, 0.4) is 0 Å². The van der Waals surface area contributed by atoms with Crippen LogP contribution in [0.5, 0.6) is 5.75 Å². The monoisotopic (exact) mass is 326 g/mol. The van der Waals surface area contributed by atoms with Gasteiger partial charge in [-0.25, -0.2) is 0 Å². The molecule has 0 spiro atoms. The highest BCUT2D eigenvalue weighted by atomic mass is 16.3. The number of hydrogen-bond donors (Lipinski definition) is 2. The van der Waals surface area contributed by atoms with Gasteiger partial charge in [-0.05, 0) is 17.7 Å². The van der Waals surface area contributed by atoms with Gasteiger partial charge < -0.3 is 15.3 Å². The Morgan fingerprint density at radius 1 is 1.38 bits per heavy atom. The summed E-state index contributed by atoms with van der Waals surface area (Å²) in [6, 6.07) is 5.00. The highest BCUT2D eigenvalue weighted by Gasteiger charge is 2.38. The molecule has 2 atom stereocenters. The lowest BCUT2D eigenvalue weighted by Crippen LogP contribution is -2.32. The van der Waals surface area contributed by atoms with E-state index in [0.717, 1.165) is 5.56 Å². The van der Waals surface area contributed by atoms with Gasteiger partial charge in [0.15, 0.2) is 0 Å². The lowest BCUT2D eigenvalue weighted by Gasteiger charge is -2.25. The van der Waals surface area contributed by atoms with Crippen LogP contribution in [0.15, 0.2) is 43.0 Å². The molecule has 3 heterocycles. The summed E-state index contributed by atoms with van der Waals surface area (Å²) in [5.74, 6) is -0.389. The van der Waals surface area contributed by atoms with Crippen LogP contribution in [0.1, 0.15) is 28.4 Å². The van der Waals surface area contributed by atoms with E-state index in [0.29, 0.717) is 13.0 Å². The molecule has 2 aromatic rings. The van der Waals surface area contributed by atoms with Gasteiger partial charge >= 0.3 is 0 Å². The van der Waals surface area contributed by atoms with E-state index in [1.54, 1.807) is 24.3 Å². The number of nitrogens with zero attached hydrogens (tertiary/aromatic N) is 3. The van der Waals surface area contributed by atoms with Gasteiger partial charge in [0, 0.05) is 44.5 Å². The lowest BCUT2D eigenvalue weighted by atomic mass is 9.94. The number of amides is 2. The second-order valence-electron chi connectivity index (χ2n) is 5.84. The summed E-state index contributed by atoms with van der Waals surface area (Å²) >= 11 is 0. The molecule has 0 bridgehead atoms. The largest absolute Gasteiger partial charge is 0.506 e. The van der Waals surface area contributed by atoms with Crippen LogP contribution in [0, 0.1) is 5.92 Å². The summed E-state index contributed by atoms with van der Waals surface area (Å²) in [5, 5.41) is 12.2. The van der Waals surface area contributed by atoms with Crippen molar-refractivity contribution in [2.75, 3.05) is 13.6 Å². The van der Waals surface area contributed by atoms with Crippen LogP contribution >= 0.6 is 0 Å². The summed E-state index contributed by atoms with van der Waals surface area (Å²) < 4.78 is 0. The first-order valence-corrected chi connectivity index (χ1v) is 7.64. The second kappa shape index (κ2) is 6.66. The maximum Gasteiger partial charge on any atom is 0.252 e. The molecule has 0 aromatic carbocycles. The van der Waals surface area contributed by atoms with Crippen molar-refractivity contribution in [3.05, 3.63) is 54.1 Å². The number of carbonyl (C=O) groups is 2. The van der Waals surface area contributed by atoms with Gasteiger partial charge in [0.2, 0.25) is 5.91 Å². The fourth-order valence-corrected chi connectivity index (χ4v) is 3.06. The Kier molecular flexibility index (Phi) is 4.41. The maximum absolute atomic E-state index is 12.2. The molecule has 3 rings (SSSR count). The normalized spacial score (nSPS) is 20.2. The molecule has 1 fully saturated rings. The summed E-state index contributed by atoms with van der Waals surface area (Å²) in [6.45, 7) is 0.351. The Bertz CT molecular complexity index is 751. The number of hydrogen-bond acceptors (Lipinski definition) is 5. The van der Waals surface area contributed by atoms with Gasteiger partial charge in [-0.2, -0.15) is 0 Å². The number of aromatic hydroxyl groups is 1. The van der Waals surface area contributed by atoms with Crippen molar-refractivity contribution in [2.45, 2.75) is 12.5 Å². The maximum atomic E-state index is 12.2. The van der Waals surface area contributed by atoms with E-state index in [1.807, 2.05) is 12.1 Å². The first-order valence-electron chi connectivity index (χ1n) is 7.64. The molecular formula is C17H18N4O3. The zero-order chi connectivity index (χ0) is 17.1. The molecular weight excluding hydrogens is 308 g/mol. The molecule has 24 heavy (non-hydrogen) atoms. The molecule has 1 aliphatic rings. The van der Waals surface area contributed by atoms with Crippen molar-refractivity contribution in [3.8, 4) is 5.75 Å². The van der Waals surface area contributed by atoms with E-state index in [9.17, 15) is 14.7 Å². The molecule has 7 heteroatoms. The van der Waals surface area contributed by atoms with E-state index in [4.69, 9.17) is 0 Å². The van der Waals surface area contributed by atoms with Gasteiger partial charge in [-0.3, -0.25) is 19.6 Å². The van der Waals surface area contributed by atoms with Gasteiger partial charge in [0.05, 0.1) is 17.8 Å². The van der Waals surface area contributed by atoms with E-state index in [2.05, 4.69) is 15.3 Å². The SMILES string of the molecule is CN1C(=O)C[C@@H](CNC(=O)c2cncc(O)c2)[C@@H]1c1cccnc1. The minimum absolute atomic E-state index is 0.0408. The van der Waals surface area contributed by atoms with Crippen molar-refractivity contribution >= 4 is 11.8 Å². The molecule has 7 nitrogen and oxygen atoms in total. The van der Waals surface area contributed by atoms with E-state index in [-0.39, 0.29) is 35.1 Å². The van der Waals surface area contributed by atoms with Crippen molar-refractivity contribution in [1.29, 1.82) is 0 Å². The summed E-state index contributed by atoms with van der Waals surface area (Å²) in [7, 11) is 1.76. The number of rotatable bonds is 4. The Hall–Kier alpha value is -2.96. The predicted octanol–water partition coefficient (Wildman–Crippen LogP) is 1.13. The zero-order valence-electron chi connectivity index (χ0n) is 13.2. The minimum atomic E-state index is -0.328. The third-order valence-corrected chi connectivity index (χ3v) is 4.23. The van der Waals surface area contributed by atoms with Gasteiger partial charge in [0.25, 0.3) is 5.91 Å². The molecule has 2 aromatic heterocycles. The highest BCUT2D eigenvalue weighted by Crippen LogP contribution is 2.36. The molecule has 2 N–H and O–H groups in total. The molecule has 1 aliphatic heterocycles. The number of aromatic nitrogens is 2. The quantitative estimate of drug-likeness (QED) is 0.878. The van der Waals surface area contributed by atoms with Crippen LogP contribution in [-0.2, 0) is 4.79 Å². The summed E-state index contributed by atoms with van der Waals surface area (Å²) in [5.41, 5.74) is 1.23. The Morgan fingerprint density at radius 2 is 2.21 bits per heavy atom. The van der Waals surface area contributed by atoms with Crippen molar-refractivity contribution < 1.29 is 14.7 Å². The van der Waals surface area contributed by atoms with Crippen LogP contribution in [0.4, 0.5) is 0 Å². The zero-order valence-corrected chi connectivity index (χ0v) is 13.2. The van der Waals surface area contributed by atoms with Gasteiger partial charge in [0.1, 0.15) is 5.75 Å². The average Bonchev–Trinajstić information content (AvgIpc) is 2.88. The Balaban J connectivity index is 1.71. The van der Waals surface area contributed by atoms with Crippen molar-refractivity contribution in [2.24, 2.45) is 5.92 Å². The third-order valence-electron chi connectivity index (χ3n) is 4.23. The third kappa shape index (κ3) is 3.19. The minimum Gasteiger partial charge on any atom is -0.506 e. The molecule has 0 saturated carbocycles. The van der Waals surface area contributed by atoms with Gasteiger partial charge in [-0.1, -0.05) is 6.07 Å². The molecule has 1 saturated heterocycles. The lowest BCUT2D eigenvalue weighted by molar-refractivity contribution is -0.127.